The minimum absolute atomic E-state index is 0.0569. The van der Waals surface area contributed by atoms with Crippen LogP contribution in [0, 0.1) is 12.8 Å². The first-order valence-electron chi connectivity index (χ1n) is 9.60. The van der Waals surface area contributed by atoms with Gasteiger partial charge >= 0.3 is 0 Å². The second kappa shape index (κ2) is 10.0. The molecular weight excluding hydrogens is 338 g/mol. The molecule has 2 aromatic rings. The van der Waals surface area contributed by atoms with Crippen LogP contribution in [0.3, 0.4) is 0 Å². The molecule has 0 bridgehead atoms. The molecule has 1 amide bonds. The highest BCUT2D eigenvalue weighted by molar-refractivity contribution is 5.81. The van der Waals surface area contributed by atoms with Crippen molar-refractivity contribution in [3.63, 3.8) is 0 Å². The molecule has 0 aliphatic rings. The normalized spacial score (nSPS) is 13.1. The van der Waals surface area contributed by atoms with Gasteiger partial charge in [-0.25, -0.2) is 0 Å². The van der Waals surface area contributed by atoms with Crippen LogP contribution in [-0.2, 0) is 4.79 Å². The lowest BCUT2D eigenvalue weighted by molar-refractivity contribution is -0.129. The van der Waals surface area contributed by atoms with E-state index in [-0.39, 0.29) is 11.9 Å². The van der Waals surface area contributed by atoms with E-state index in [0.29, 0.717) is 12.3 Å². The Bertz CT molecular complexity index is 725. The molecule has 2 aromatic carbocycles. The molecule has 1 N–H and O–H groups in total. The monoisotopic (exact) mass is 369 g/mol. The molecule has 2 atom stereocenters. The number of methoxy groups -OCH3 is 1. The molecule has 0 heterocycles. The van der Waals surface area contributed by atoms with Crippen molar-refractivity contribution in [3.05, 3.63) is 59.7 Å². The summed E-state index contributed by atoms with van der Waals surface area (Å²) in [6, 6.07) is 15.6. The standard InChI is InChI=1S/C23H31NO3/c1-6-22(27-20-9-7-8-17(4)15-20)23(25)24-21(14-16(2)3)18-10-12-19(26-5)13-11-18/h7-13,15-16,21-22H,6,14H2,1-5H3,(H,24,25). The fourth-order valence-electron chi connectivity index (χ4n) is 3.03. The molecule has 146 valence electrons. The van der Waals surface area contributed by atoms with Gasteiger partial charge in [0.1, 0.15) is 11.5 Å². The van der Waals surface area contributed by atoms with E-state index in [1.807, 2.05) is 62.4 Å². The molecule has 0 aromatic heterocycles. The Hall–Kier alpha value is -2.49. The Balaban J connectivity index is 2.12. The van der Waals surface area contributed by atoms with E-state index >= 15 is 0 Å². The molecular formula is C23H31NO3. The number of carbonyl (C=O) groups excluding carboxylic acids is 1. The summed E-state index contributed by atoms with van der Waals surface area (Å²) in [6.07, 6.45) is 0.954. The lowest BCUT2D eigenvalue weighted by Crippen LogP contribution is -2.40. The Morgan fingerprint density at radius 1 is 1.07 bits per heavy atom. The number of rotatable bonds is 9. The SMILES string of the molecule is CCC(Oc1cccc(C)c1)C(=O)NC(CC(C)C)c1ccc(OC)cc1. The molecule has 27 heavy (non-hydrogen) atoms. The van der Waals surface area contributed by atoms with Crippen LogP contribution in [0.4, 0.5) is 0 Å². The van der Waals surface area contributed by atoms with Crippen molar-refractivity contribution in [1.29, 1.82) is 0 Å². The van der Waals surface area contributed by atoms with Crippen molar-refractivity contribution >= 4 is 5.91 Å². The van der Waals surface area contributed by atoms with Crippen LogP contribution in [0.1, 0.15) is 50.8 Å². The predicted octanol–water partition coefficient (Wildman–Crippen LogP) is 5.06. The molecule has 2 unspecified atom stereocenters. The van der Waals surface area contributed by atoms with Gasteiger partial charge in [-0.1, -0.05) is 45.0 Å². The minimum Gasteiger partial charge on any atom is -0.497 e. The Labute approximate surface area is 162 Å². The molecule has 2 rings (SSSR count). The Kier molecular flexibility index (Phi) is 7.71. The summed E-state index contributed by atoms with van der Waals surface area (Å²) in [4.78, 5) is 12.9. The third kappa shape index (κ3) is 6.31. The molecule has 0 spiro atoms. The molecule has 0 fully saturated rings. The second-order valence-electron chi connectivity index (χ2n) is 7.30. The number of amides is 1. The van der Waals surface area contributed by atoms with Gasteiger partial charge in [-0.3, -0.25) is 4.79 Å². The summed E-state index contributed by atoms with van der Waals surface area (Å²) in [6.45, 7) is 8.29. The average molecular weight is 370 g/mol. The third-order valence-electron chi connectivity index (χ3n) is 4.47. The van der Waals surface area contributed by atoms with E-state index in [9.17, 15) is 4.79 Å². The van der Waals surface area contributed by atoms with Gasteiger partial charge in [0.25, 0.3) is 5.91 Å². The first-order chi connectivity index (χ1) is 12.9. The number of aryl methyl sites for hydroxylation is 1. The second-order valence-corrected chi connectivity index (χ2v) is 7.30. The number of benzene rings is 2. The smallest absolute Gasteiger partial charge is 0.261 e. The van der Waals surface area contributed by atoms with Gasteiger partial charge < -0.3 is 14.8 Å². The summed E-state index contributed by atoms with van der Waals surface area (Å²) in [5, 5.41) is 3.18. The lowest BCUT2D eigenvalue weighted by Gasteiger charge is -2.25. The van der Waals surface area contributed by atoms with Crippen molar-refractivity contribution in [2.45, 2.75) is 52.7 Å². The summed E-state index contributed by atoms with van der Waals surface area (Å²) < 4.78 is 11.2. The topological polar surface area (TPSA) is 47.6 Å². The third-order valence-corrected chi connectivity index (χ3v) is 4.47. The average Bonchev–Trinajstić information content (AvgIpc) is 2.65. The van der Waals surface area contributed by atoms with Crippen molar-refractivity contribution in [3.8, 4) is 11.5 Å². The maximum absolute atomic E-state index is 12.9. The zero-order chi connectivity index (χ0) is 19.8. The zero-order valence-corrected chi connectivity index (χ0v) is 17.0. The molecule has 0 aliphatic heterocycles. The fraction of sp³-hybridized carbons (Fsp3) is 0.435. The van der Waals surface area contributed by atoms with E-state index in [1.54, 1.807) is 7.11 Å². The van der Waals surface area contributed by atoms with E-state index in [2.05, 4.69) is 19.2 Å². The predicted molar refractivity (Wildman–Crippen MR) is 109 cm³/mol. The number of ether oxygens (including phenoxy) is 2. The van der Waals surface area contributed by atoms with E-state index in [0.717, 1.165) is 29.0 Å². The van der Waals surface area contributed by atoms with Crippen LogP contribution < -0.4 is 14.8 Å². The van der Waals surface area contributed by atoms with Gasteiger partial charge in [0.15, 0.2) is 6.10 Å². The van der Waals surface area contributed by atoms with E-state index < -0.39 is 6.10 Å². The summed E-state index contributed by atoms with van der Waals surface area (Å²) in [5.74, 6) is 1.90. The highest BCUT2D eigenvalue weighted by atomic mass is 16.5. The number of hydrogen-bond donors (Lipinski definition) is 1. The minimum atomic E-state index is -0.514. The van der Waals surface area contributed by atoms with Crippen molar-refractivity contribution in [2.24, 2.45) is 5.92 Å². The van der Waals surface area contributed by atoms with Crippen molar-refractivity contribution < 1.29 is 14.3 Å². The highest BCUT2D eigenvalue weighted by Crippen LogP contribution is 2.24. The van der Waals surface area contributed by atoms with Crippen molar-refractivity contribution in [1.82, 2.24) is 5.32 Å². The molecule has 4 heteroatoms. The highest BCUT2D eigenvalue weighted by Gasteiger charge is 2.23. The van der Waals surface area contributed by atoms with Crippen LogP contribution >= 0.6 is 0 Å². The summed E-state index contributed by atoms with van der Waals surface area (Å²) in [7, 11) is 1.65. The molecule has 4 nitrogen and oxygen atoms in total. The maximum atomic E-state index is 12.9. The first-order valence-corrected chi connectivity index (χ1v) is 9.60. The zero-order valence-electron chi connectivity index (χ0n) is 17.0. The van der Waals surface area contributed by atoms with Crippen LogP contribution in [0.2, 0.25) is 0 Å². The van der Waals surface area contributed by atoms with Gasteiger partial charge in [-0.15, -0.1) is 0 Å². The Morgan fingerprint density at radius 2 is 1.78 bits per heavy atom. The van der Waals surface area contributed by atoms with Gasteiger partial charge in [0.05, 0.1) is 13.2 Å². The first kappa shape index (κ1) is 20.8. The van der Waals surface area contributed by atoms with Crippen molar-refractivity contribution in [2.75, 3.05) is 7.11 Å². The Morgan fingerprint density at radius 3 is 2.33 bits per heavy atom. The maximum Gasteiger partial charge on any atom is 0.261 e. The summed E-state index contributed by atoms with van der Waals surface area (Å²) >= 11 is 0. The number of hydrogen-bond acceptors (Lipinski definition) is 3. The van der Waals surface area contributed by atoms with Crippen LogP contribution in [0.25, 0.3) is 0 Å². The van der Waals surface area contributed by atoms with Crippen LogP contribution in [0.15, 0.2) is 48.5 Å². The quantitative estimate of drug-likeness (QED) is 0.672. The van der Waals surface area contributed by atoms with Gasteiger partial charge in [0, 0.05) is 0 Å². The van der Waals surface area contributed by atoms with E-state index in [4.69, 9.17) is 9.47 Å². The number of nitrogens with one attached hydrogen (secondary N) is 1. The molecule has 0 saturated heterocycles. The summed E-state index contributed by atoms with van der Waals surface area (Å²) in [5.41, 5.74) is 2.18. The lowest BCUT2D eigenvalue weighted by atomic mass is 9.96. The number of carbonyl (C=O) groups is 1. The largest absolute Gasteiger partial charge is 0.497 e. The van der Waals surface area contributed by atoms with Gasteiger partial charge in [-0.05, 0) is 61.1 Å². The molecule has 0 radical (unpaired) electrons. The van der Waals surface area contributed by atoms with E-state index in [1.165, 1.54) is 0 Å². The molecule has 0 saturated carbocycles. The van der Waals surface area contributed by atoms with Gasteiger partial charge in [-0.2, -0.15) is 0 Å². The van der Waals surface area contributed by atoms with Gasteiger partial charge in [0.2, 0.25) is 0 Å². The molecule has 0 aliphatic carbocycles. The fourth-order valence-corrected chi connectivity index (χ4v) is 3.03. The van der Waals surface area contributed by atoms with Crippen LogP contribution in [0.5, 0.6) is 11.5 Å². The van der Waals surface area contributed by atoms with Crippen LogP contribution in [-0.4, -0.2) is 19.1 Å².